The van der Waals surface area contributed by atoms with Crippen LogP contribution in [0.4, 0.5) is 11.4 Å². The van der Waals surface area contributed by atoms with Gasteiger partial charge in [-0.2, -0.15) is 0 Å². The highest BCUT2D eigenvalue weighted by molar-refractivity contribution is 6.06. The number of nitro benzene ring substituents is 2. The quantitative estimate of drug-likeness (QED) is 0.317. The summed E-state index contributed by atoms with van der Waals surface area (Å²) in [5, 5.41) is 22.1. The minimum absolute atomic E-state index is 0.0609. The van der Waals surface area contributed by atoms with Crippen molar-refractivity contribution in [3.05, 3.63) is 44.0 Å². The zero-order valence-corrected chi connectivity index (χ0v) is 13.3. The summed E-state index contributed by atoms with van der Waals surface area (Å²) in [6.45, 7) is 4.02. The first-order valence-electron chi connectivity index (χ1n) is 6.97. The lowest BCUT2D eigenvalue weighted by Crippen LogP contribution is -2.44. The first-order valence-corrected chi connectivity index (χ1v) is 6.97. The van der Waals surface area contributed by atoms with E-state index in [1.54, 1.807) is 0 Å². The van der Waals surface area contributed by atoms with Gasteiger partial charge >= 0.3 is 11.9 Å². The Kier molecular flexibility index (Phi) is 5.93. The van der Waals surface area contributed by atoms with Crippen LogP contribution >= 0.6 is 0 Å². The van der Waals surface area contributed by atoms with Gasteiger partial charge in [0.15, 0.2) is 5.41 Å². The average molecular weight is 340 g/mol. The molecule has 0 heterocycles. The Morgan fingerprint density at radius 2 is 1.54 bits per heavy atom. The van der Waals surface area contributed by atoms with E-state index in [9.17, 15) is 29.8 Å². The highest BCUT2D eigenvalue weighted by atomic mass is 16.6. The zero-order chi connectivity index (χ0) is 18.5. The van der Waals surface area contributed by atoms with Crippen LogP contribution in [0.2, 0.25) is 0 Å². The van der Waals surface area contributed by atoms with Gasteiger partial charge in [0.05, 0.1) is 34.7 Å². The van der Waals surface area contributed by atoms with Gasteiger partial charge in [0.1, 0.15) is 0 Å². The SMILES string of the molecule is CCOC(=O)C(C)(C(=O)OCC)c1ccc([N+](=O)[O-])cc1[N+](=O)[O-]. The van der Waals surface area contributed by atoms with Crippen molar-refractivity contribution < 1.29 is 28.9 Å². The van der Waals surface area contributed by atoms with Crippen molar-refractivity contribution >= 4 is 23.3 Å². The molecule has 0 N–H and O–H groups in total. The summed E-state index contributed by atoms with van der Waals surface area (Å²) in [5.74, 6) is -2.08. The summed E-state index contributed by atoms with van der Waals surface area (Å²) in [6.07, 6.45) is 0. The number of hydrogen-bond donors (Lipinski definition) is 0. The van der Waals surface area contributed by atoms with E-state index in [4.69, 9.17) is 9.47 Å². The molecular weight excluding hydrogens is 324 g/mol. The van der Waals surface area contributed by atoms with Crippen molar-refractivity contribution in [2.24, 2.45) is 0 Å². The molecule has 0 bridgehead atoms. The summed E-state index contributed by atoms with van der Waals surface area (Å²) in [5.41, 5.74) is -3.74. The number of carbonyl (C=O) groups excluding carboxylic acids is 2. The van der Waals surface area contributed by atoms with E-state index in [0.717, 1.165) is 19.1 Å². The predicted octanol–water partition coefficient (Wildman–Crippen LogP) is 1.89. The second-order valence-electron chi connectivity index (χ2n) is 4.78. The number of non-ortho nitro benzene ring substituents is 1. The second kappa shape index (κ2) is 7.49. The third-order valence-corrected chi connectivity index (χ3v) is 3.29. The Morgan fingerprint density at radius 3 is 1.92 bits per heavy atom. The molecule has 0 saturated carbocycles. The van der Waals surface area contributed by atoms with Crippen LogP contribution in [0.15, 0.2) is 18.2 Å². The smallest absolute Gasteiger partial charge is 0.328 e. The molecule has 24 heavy (non-hydrogen) atoms. The van der Waals surface area contributed by atoms with Crippen LogP contribution in [-0.4, -0.2) is 35.0 Å². The van der Waals surface area contributed by atoms with Crippen molar-refractivity contribution in [3.63, 3.8) is 0 Å². The van der Waals surface area contributed by atoms with E-state index in [0.29, 0.717) is 6.07 Å². The second-order valence-corrected chi connectivity index (χ2v) is 4.78. The molecule has 0 amide bonds. The number of ether oxygens (including phenoxy) is 2. The third-order valence-electron chi connectivity index (χ3n) is 3.29. The number of carbonyl (C=O) groups is 2. The zero-order valence-electron chi connectivity index (χ0n) is 13.3. The summed E-state index contributed by atoms with van der Waals surface area (Å²) in [4.78, 5) is 45.0. The normalized spacial score (nSPS) is 10.8. The van der Waals surface area contributed by atoms with Crippen LogP contribution in [0.25, 0.3) is 0 Å². The number of hydrogen-bond acceptors (Lipinski definition) is 8. The van der Waals surface area contributed by atoms with Gasteiger partial charge in [-0.25, -0.2) is 0 Å². The van der Waals surface area contributed by atoms with Crippen molar-refractivity contribution in [3.8, 4) is 0 Å². The van der Waals surface area contributed by atoms with Gasteiger partial charge in [-0.3, -0.25) is 29.8 Å². The Bertz CT molecular complexity index is 667. The van der Waals surface area contributed by atoms with E-state index in [1.165, 1.54) is 13.8 Å². The molecule has 130 valence electrons. The van der Waals surface area contributed by atoms with Crippen molar-refractivity contribution in [1.82, 2.24) is 0 Å². The summed E-state index contributed by atoms with van der Waals surface area (Å²) >= 11 is 0. The molecule has 0 fully saturated rings. The van der Waals surface area contributed by atoms with E-state index in [2.05, 4.69) is 0 Å². The number of esters is 2. The lowest BCUT2D eigenvalue weighted by atomic mass is 9.81. The molecule has 10 heteroatoms. The summed E-state index contributed by atoms with van der Waals surface area (Å²) < 4.78 is 9.69. The Balaban J connectivity index is 3.64. The molecule has 1 aromatic rings. The van der Waals surface area contributed by atoms with Crippen LogP contribution in [0.1, 0.15) is 26.3 Å². The fourth-order valence-corrected chi connectivity index (χ4v) is 2.06. The van der Waals surface area contributed by atoms with E-state index in [1.807, 2.05) is 0 Å². The van der Waals surface area contributed by atoms with Crippen molar-refractivity contribution in [2.75, 3.05) is 13.2 Å². The molecule has 0 unspecified atom stereocenters. The fraction of sp³-hybridized carbons (Fsp3) is 0.429. The molecule has 10 nitrogen and oxygen atoms in total. The Hall–Kier alpha value is -3.04. The molecule has 0 aliphatic carbocycles. The first-order chi connectivity index (χ1) is 11.2. The molecule has 1 rings (SSSR count). The number of nitrogens with zero attached hydrogens (tertiary/aromatic N) is 2. The van der Waals surface area contributed by atoms with Crippen LogP contribution in [0.3, 0.4) is 0 Å². The lowest BCUT2D eigenvalue weighted by molar-refractivity contribution is -0.394. The standard InChI is InChI=1S/C14H16N2O8/c1-4-23-12(17)14(3,13(18)24-5-2)10-7-6-9(15(19)20)8-11(10)16(21)22/h6-8H,4-5H2,1-3H3. The van der Waals surface area contributed by atoms with E-state index in [-0.39, 0.29) is 18.8 Å². The molecule has 0 aliphatic heterocycles. The number of benzene rings is 1. The molecule has 1 aromatic carbocycles. The lowest BCUT2D eigenvalue weighted by Gasteiger charge is -2.25. The number of nitro groups is 2. The van der Waals surface area contributed by atoms with Gasteiger partial charge < -0.3 is 9.47 Å². The molecule has 0 aliphatic rings. The summed E-state index contributed by atoms with van der Waals surface area (Å²) in [6, 6.07) is 2.65. The van der Waals surface area contributed by atoms with Gasteiger partial charge in [0.2, 0.25) is 0 Å². The van der Waals surface area contributed by atoms with Crippen LogP contribution in [0, 0.1) is 20.2 Å². The third kappa shape index (κ3) is 3.47. The Labute approximate surface area is 136 Å². The average Bonchev–Trinajstić information content (AvgIpc) is 2.53. The van der Waals surface area contributed by atoms with Crippen LogP contribution in [-0.2, 0) is 24.5 Å². The highest BCUT2D eigenvalue weighted by Gasteiger charge is 2.50. The van der Waals surface area contributed by atoms with Crippen LogP contribution < -0.4 is 0 Å². The Morgan fingerprint density at radius 1 is 1.04 bits per heavy atom. The summed E-state index contributed by atoms with van der Waals surface area (Å²) in [7, 11) is 0. The molecule has 0 spiro atoms. The first kappa shape index (κ1) is 19.0. The van der Waals surface area contributed by atoms with Gasteiger partial charge in [-0.05, 0) is 26.8 Å². The van der Waals surface area contributed by atoms with E-state index >= 15 is 0 Å². The molecule has 0 saturated heterocycles. The highest BCUT2D eigenvalue weighted by Crippen LogP contribution is 2.36. The predicted molar refractivity (Wildman–Crippen MR) is 80.4 cm³/mol. The molecule has 0 aromatic heterocycles. The van der Waals surface area contributed by atoms with Gasteiger partial charge in [-0.1, -0.05) is 0 Å². The van der Waals surface area contributed by atoms with Gasteiger partial charge in [-0.15, -0.1) is 0 Å². The number of rotatable bonds is 7. The molecular formula is C14H16N2O8. The maximum atomic E-state index is 12.3. The fourth-order valence-electron chi connectivity index (χ4n) is 2.06. The van der Waals surface area contributed by atoms with Crippen LogP contribution in [0.5, 0.6) is 0 Å². The van der Waals surface area contributed by atoms with Gasteiger partial charge in [0, 0.05) is 6.07 Å². The maximum absolute atomic E-state index is 12.3. The minimum Gasteiger partial charge on any atom is -0.465 e. The topological polar surface area (TPSA) is 139 Å². The van der Waals surface area contributed by atoms with Crippen molar-refractivity contribution in [1.29, 1.82) is 0 Å². The maximum Gasteiger partial charge on any atom is 0.328 e. The largest absolute Gasteiger partial charge is 0.465 e. The van der Waals surface area contributed by atoms with Gasteiger partial charge in [0.25, 0.3) is 11.4 Å². The molecule has 0 atom stereocenters. The monoisotopic (exact) mass is 340 g/mol. The van der Waals surface area contributed by atoms with Crippen molar-refractivity contribution in [2.45, 2.75) is 26.2 Å². The molecule has 0 radical (unpaired) electrons. The van der Waals surface area contributed by atoms with E-state index < -0.39 is 38.6 Å². The minimum atomic E-state index is -2.12.